The van der Waals surface area contributed by atoms with Crippen LogP contribution >= 0.6 is 7.92 Å². The van der Waals surface area contributed by atoms with Crippen molar-refractivity contribution in [1.82, 2.24) is 0 Å². The van der Waals surface area contributed by atoms with Gasteiger partial charge < -0.3 is 0 Å². The van der Waals surface area contributed by atoms with E-state index in [1.54, 1.807) is 6.08 Å². The van der Waals surface area contributed by atoms with Gasteiger partial charge in [-0.3, -0.25) is 4.79 Å². The van der Waals surface area contributed by atoms with E-state index in [1.165, 1.54) is 15.9 Å². The molecule has 1 aliphatic rings. The van der Waals surface area contributed by atoms with Crippen LogP contribution in [0, 0.1) is 0 Å². The summed E-state index contributed by atoms with van der Waals surface area (Å²) in [6, 6.07) is 29.6. The van der Waals surface area contributed by atoms with E-state index in [4.69, 9.17) is 0 Å². The number of rotatable bonds is 4. The van der Waals surface area contributed by atoms with Crippen LogP contribution in [-0.2, 0) is 25.2 Å². The summed E-state index contributed by atoms with van der Waals surface area (Å²) in [5.41, 5.74) is 1.11. The van der Waals surface area contributed by atoms with Crippen LogP contribution in [0.2, 0.25) is 0 Å². The number of hydrogen-bond donors (Lipinski definition) is 0. The Morgan fingerprint density at radius 2 is 1.22 bits per heavy atom. The maximum absolute atomic E-state index is 12.5. The minimum Gasteiger partial charge on any atom is -0.294 e. The Kier molecular flexibility index (Phi) is 6.70. The number of ketones is 1. The standard InChI is InChI=1S/C24H19OP.Pd/c25-23-17-9-7-15-21(23)22-16-8-10-18-24(22)26(19-11-3-1-4-12-19)20-13-5-2-6-14-20;/h1-18,21H;. The van der Waals surface area contributed by atoms with E-state index in [-0.39, 0.29) is 32.1 Å². The topological polar surface area (TPSA) is 17.1 Å². The second kappa shape index (κ2) is 9.21. The third-order valence-corrected chi connectivity index (χ3v) is 7.04. The number of hydrogen-bond acceptors (Lipinski definition) is 1. The molecule has 1 unspecified atom stereocenters. The molecule has 0 aromatic heterocycles. The van der Waals surface area contributed by atoms with E-state index in [1.807, 2.05) is 36.4 Å². The van der Waals surface area contributed by atoms with Gasteiger partial charge in [-0.15, -0.1) is 0 Å². The van der Waals surface area contributed by atoms with Gasteiger partial charge in [0.1, 0.15) is 0 Å². The summed E-state index contributed by atoms with van der Waals surface area (Å²) < 4.78 is 0. The van der Waals surface area contributed by atoms with Crippen molar-refractivity contribution in [3.63, 3.8) is 0 Å². The van der Waals surface area contributed by atoms with Gasteiger partial charge in [-0.05, 0) is 35.5 Å². The summed E-state index contributed by atoms with van der Waals surface area (Å²) in [7, 11) is -0.721. The Balaban J connectivity index is 0.00000210. The molecule has 4 rings (SSSR count). The maximum atomic E-state index is 12.5. The van der Waals surface area contributed by atoms with Crippen LogP contribution in [0.25, 0.3) is 0 Å². The summed E-state index contributed by atoms with van der Waals surface area (Å²) in [4.78, 5) is 12.5. The molecular formula is C24H19OPPd. The molecule has 0 heterocycles. The zero-order chi connectivity index (χ0) is 17.8. The van der Waals surface area contributed by atoms with Gasteiger partial charge in [0.25, 0.3) is 0 Å². The molecule has 3 aromatic carbocycles. The van der Waals surface area contributed by atoms with Gasteiger partial charge >= 0.3 is 0 Å². The summed E-state index contributed by atoms with van der Waals surface area (Å²) in [6.45, 7) is 0. The average Bonchev–Trinajstić information content (AvgIpc) is 2.71. The molecule has 3 aromatic rings. The molecular weight excluding hydrogens is 442 g/mol. The molecule has 136 valence electrons. The number of allylic oxidation sites excluding steroid dienone is 4. The van der Waals surface area contributed by atoms with Crippen LogP contribution < -0.4 is 15.9 Å². The van der Waals surface area contributed by atoms with Gasteiger partial charge in [0, 0.05) is 20.4 Å². The van der Waals surface area contributed by atoms with Crippen LogP contribution in [0.15, 0.2) is 109 Å². The number of benzene rings is 3. The maximum Gasteiger partial charge on any atom is 0.166 e. The summed E-state index contributed by atoms with van der Waals surface area (Å²) in [5.74, 6) is -0.0513. The largest absolute Gasteiger partial charge is 0.294 e. The smallest absolute Gasteiger partial charge is 0.166 e. The van der Waals surface area contributed by atoms with Gasteiger partial charge in [-0.1, -0.05) is 103 Å². The monoisotopic (exact) mass is 460 g/mol. The Hall–Kier alpha value is -2.10. The van der Waals surface area contributed by atoms with E-state index < -0.39 is 7.92 Å². The summed E-state index contributed by atoms with van der Waals surface area (Å²) in [5, 5.41) is 3.84. The predicted octanol–water partition coefficient (Wildman–Crippen LogP) is 4.22. The molecule has 0 amide bonds. The van der Waals surface area contributed by atoms with E-state index in [0.717, 1.165) is 5.56 Å². The quantitative estimate of drug-likeness (QED) is 0.421. The van der Waals surface area contributed by atoms with Crippen LogP contribution in [0.1, 0.15) is 11.5 Å². The Labute approximate surface area is 175 Å². The van der Waals surface area contributed by atoms with Crippen LogP contribution in [0.4, 0.5) is 0 Å². The molecule has 1 aliphatic carbocycles. The van der Waals surface area contributed by atoms with Gasteiger partial charge in [-0.2, -0.15) is 0 Å². The van der Waals surface area contributed by atoms with Crippen molar-refractivity contribution in [3.8, 4) is 0 Å². The molecule has 0 radical (unpaired) electrons. The van der Waals surface area contributed by atoms with Gasteiger partial charge in [-0.25, -0.2) is 0 Å². The Bertz CT molecular complexity index is 924. The third-order valence-electron chi connectivity index (χ3n) is 4.52. The van der Waals surface area contributed by atoms with E-state index in [9.17, 15) is 4.79 Å². The van der Waals surface area contributed by atoms with Crippen molar-refractivity contribution in [2.75, 3.05) is 0 Å². The van der Waals surface area contributed by atoms with Gasteiger partial charge in [0.2, 0.25) is 0 Å². The van der Waals surface area contributed by atoms with Crippen molar-refractivity contribution in [1.29, 1.82) is 0 Å². The minimum absolute atomic E-state index is 0. The van der Waals surface area contributed by atoms with Crippen LogP contribution in [0.5, 0.6) is 0 Å². The molecule has 0 saturated heterocycles. The minimum atomic E-state index is -0.721. The van der Waals surface area contributed by atoms with E-state index in [2.05, 4.69) is 66.7 Å². The van der Waals surface area contributed by atoms with Crippen molar-refractivity contribution in [3.05, 3.63) is 115 Å². The van der Waals surface area contributed by atoms with Crippen molar-refractivity contribution >= 4 is 29.6 Å². The Morgan fingerprint density at radius 3 is 1.81 bits per heavy atom. The van der Waals surface area contributed by atoms with Crippen molar-refractivity contribution < 1.29 is 25.2 Å². The number of carbonyl (C=O) groups is 1. The fourth-order valence-corrected chi connectivity index (χ4v) is 5.82. The summed E-state index contributed by atoms with van der Waals surface area (Å²) >= 11 is 0. The molecule has 1 atom stereocenters. The molecule has 0 fully saturated rings. The second-order valence-electron chi connectivity index (χ2n) is 6.19. The average molecular weight is 461 g/mol. The normalized spacial score (nSPS) is 15.6. The SMILES string of the molecule is O=C1C=CC=CC1c1ccccc1P(c1ccccc1)c1ccccc1.[Pd]. The molecule has 0 saturated carbocycles. The zero-order valence-electron chi connectivity index (χ0n) is 14.6. The first-order valence-electron chi connectivity index (χ1n) is 8.72. The molecule has 27 heavy (non-hydrogen) atoms. The van der Waals surface area contributed by atoms with Crippen LogP contribution in [0.3, 0.4) is 0 Å². The molecule has 0 aliphatic heterocycles. The first-order valence-corrected chi connectivity index (χ1v) is 10.1. The number of carbonyl (C=O) groups excluding carboxylic acids is 1. The van der Waals surface area contributed by atoms with Gasteiger partial charge in [0.15, 0.2) is 5.78 Å². The van der Waals surface area contributed by atoms with E-state index >= 15 is 0 Å². The fraction of sp³-hybridized carbons (Fsp3) is 0.0417. The molecule has 1 nitrogen and oxygen atoms in total. The summed E-state index contributed by atoms with van der Waals surface area (Å²) in [6.07, 6.45) is 7.47. The van der Waals surface area contributed by atoms with Gasteiger partial charge in [0.05, 0.1) is 5.92 Å². The molecule has 0 bridgehead atoms. The molecule has 3 heteroatoms. The fourth-order valence-electron chi connectivity index (χ4n) is 3.32. The first kappa shape index (κ1) is 19.7. The Morgan fingerprint density at radius 1 is 0.667 bits per heavy atom. The molecule has 0 spiro atoms. The predicted molar refractivity (Wildman–Crippen MR) is 111 cm³/mol. The molecule has 0 N–H and O–H groups in total. The van der Waals surface area contributed by atoms with E-state index in [0.29, 0.717) is 0 Å². The first-order chi connectivity index (χ1) is 12.8. The second-order valence-corrected chi connectivity index (χ2v) is 8.37. The third kappa shape index (κ3) is 4.26. The zero-order valence-corrected chi connectivity index (χ0v) is 17.1. The van der Waals surface area contributed by atoms with Crippen molar-refractivity contribution in [2.24, 2.45) is 0 Å². The van der Waals surface area contributed by atoms with Crippen molar-refractivity contribution in [2.45, 2.75) is 5.92 Å². The van der Waals surface area contributed by atoms with Crippen LogP contribution in [-0.4, -0.2) is 5.78 Å².